The number of carbonyl (C=O) groups is 2. The summed E-state index contributed by atoms with van der Waals surface area (Å²) in [7, 11) is 0. The molecule has 5 heteroatoms. The molecule has 98 valence electrons. The minimum Gasteiger partial charge on any atom is -0.481 e. The van der Waals surface area contributed by atoms with Crippen molar-refractivity contribution in [2.75, 3.05) is 13.1 Å². The third kappa shape index (κ3) is 4.73. The Hall–Kier alpha value is -1.10. The maximum Gasteiger partial charge on any atom is 0.308 e. The number of carboxylic acids is 1. The van der Waals surface area contributed by atoms with Gasteiger partial charge in [0.05, 0.1) is 12.0 Å². The number of amides is 1. The third-order valence-corrected chi connectivity index (χ3v) is 3.14. The number of rotatable bonds is 6. The van der Waals surface area contributed by atoms with Gasteiger partial charge in [0.1, 0.15) is 0 Å². The Kier molecular flexibility index (Phi) is 5.97. The van der Waals surface area contributed by atoms with Crippen molar-refractivity contribution < 1.29 is 14.7 Å². The van der Waals surface area contributed by atoms with Crippen LogP contribution in [0.4, 0.5) is 0 Å². The molecule has 0 aromatic rings. The maximum atomic E-state index is 11.8. The summed E-state index contributed by atoms with van der Waals surface area (Å²) in [4.78, 5) is 22.7. The average molecular weight is 242 g/mol. The SMILES string of the molecule is CCCC(CNC(=O)[C@H]1CCCCN1)C(=O)O. The zero-order valence-electron chi connectivity index (χ0n) is 10.4. The lowest BCUT2D eigenvalue weighted by Gasteiger charge is -2.23. The number of aliphatic carboxylic acids is 1. The third-order valence-electron chi connectivity index (χ3n) is 3.14. The molecule has 0 saturated carbocycles. The van der Waals surface area contributed by atoms with E-state index in [0.717, 1.165) is 32.2 Å². The van der Waals surface area contributed by atoms with E-state index in [9.17, 15) is 9.59 Å². The normalized spacial score (nSPS) is 21.8. The molecule has 1 heterocycles. The van der Waals surface area contributed by atoms with Gasteiger partial charge in [0.15, 0.2) is 0 Å². The lowest BCUT2D eigenvalue weighted by molar-refractivity contribution is -0.142. The summed E-state index contributed by atoms with van der Waals surface area (Å²) in [6.07, 6.45) is 4.43. The van der Waals surface area contributed by atoms with Crippen LogP contribution in [0.1, 0.15) is 39.0 Å². The van der Waals surface area contributed by atoms with Crippen molar-refractivity contribution in [1.82, 2.24) is 10.6 Å². The van der Waals surface area contributed by atoms with Crippen LogP contribution in [0.15, 0.2) is 0 Å². The summed E-state index contributed by atoms with van der Waals surface area (Å²) < 4.78 is 0. The van der Waals surface area contributed by atoms with Crippen molar-refractivity contribution >= 4 is 11.9 Å². The fraction of sp³-hybridized carbons (Fsp3) is 0.833. The van der Waals surface area contributed by atoms with Crippen LogP contribution >= 0.6 is 0 Å². The number of carbonyl (C=O) groups excluding carboxylic acids is 1. The molecule has 0 bridgehead atoms. The maximum absolute atomic E-state index is 11.8. The van der Waals surface area contributed by atoms with E-state index < -0.39 is 11.9 Å². The number of hydrogen-bond donors (Lipinski definition) is 3. The van der Waals surface area contributed by atoms with E-state index in [0.29, 0.717) is 6.42 Å². The van der Waals surface area contributed by atoms with Gasteiger partial charge in [0, 0.05) is 6.54 Å². The van der Waals surface area contributed by atoms with Gasteiger partial charge in [-0.15, -0.1) is 0 Å². The molecule has 17 heavy (non-hydrogen) atoms. The predicted molar refractivity (Wildman–Crippen MR) is 64.7 cm³/mol. The van der Waals surface area contributed by atoms with Gasteiger partial charge in [-0.3, -0.25) is 9.59 Å². The van der Waals surface area contributed by atoms with Gasteiger partial charge in [-0.25, -0.2) is 0 Å². The first-order valence-corrected chi connectivity index (χ1v) is 6.39. The second-order valence-corrected chi connectivity index (χ2v) is 4.57. The highest BCUT2D eigenvalue weighted by molar-refractivity contribution is 5.82. The molecule has 3 N–H and O–H groups in total. The Bertz CT molecular complexity index is 262. The molecule has 1 rings (SSSR count). The van der Waals surface area contributed by atoms with Crippen molar-refractivity contribution in [1.29, 1.82) is 0 Å². The largest absolute Gasteiger partial charge is 0.481 e. The van der Waals surface area contributed by atoms with Gasteiger partial charge in [-0.1, -0.05) is 19.8 Å². The van der Waals surface area contributed by atoms with Crippen LogP contribution in [0, 0.1) is 5.92 Å². The topological polar surface area (TPSA) is 78.4 Å². The molecular weight excluding hydrogens is 220 g/mol. The molecule has 2 atom stereocenters. The lowest BCUT2D eigenvalue weighted by Crippen LogP contribution is -2.48. The van der Waals surface area contributed by atoms with Crippen LogP contribution in [-0.2, 0) is 9.59 Å². The van der Waals surface area contributed by atoms with Gasteiger partial charge in [0.25, 0.3) is 0 Å². The molecule has 1 aliphatic heterocycles. The Balaban J connectivity index is 2.32. The first kappa shape index (κ1) is 14.0. The minimum atomic E-state index is -0.830. The smallest absolute Gasteiger partial charge is 0.308 e. The molecule has 0 radical (unpaired) electrons. The quantitative estimate of drug-likeness (QED) is 0.642. The van der Waals surface area contributed by atoms with Crippen molar-refractivity contribution in [3.05, 3.63) is 0 Å². The molecule has 5 nitrogen and oxygen atoms in total. The van der Waals surface area contributed by atoms with Crippen LogP contribution in [0.5, 0.6) is 0 Å². The predicted octanol–water partition coefficient (Wildman–Crippen LogP) is 0.746. The van der Waals surface area contributed by atoms with Crippen molar-refractivity contribution in [2.45, 2.75) is 45.1 Å². The van der Waals surface area contributed by atoms with E-state index >= 15 is 0 Å². The number of hydrogen-bond acceptors (Lipinski definition) is 3. The minimum absolute atomic E-state index is 0.0629. The van der Waals surface area contributed by atoms with Crippen LogP contribution in [0.2, 0.25) is 0 Å². The van der Waals surface area contributed by atoms with E-state index in [1.54, 1.807) is 0 Å². The molecule has 1 amide bonds. The second kappa shape index (κ2) is 7.27. The van der Waals surface area contributed by atoms with Gasteiger partial charge in [-0.05, 0) is 25.8 Å². The number of carboxylic acid groups (broad SMARTS) is 1. The zero-order valence-corrected chi connectivity index (χ0v) is 10.4. The summed E-state index contributed by atoms with van der Waals surface area (Å²) in [6, 6.07) is -0.139. The first-order valence-electron chi connectivity index (χ1n) is 6.39. The standard InChI is InChI=1S/C12H22N2O3/c1-2-5-9(12(16)17)8-14-11(15)10-6-3-4-7-13-10/h9-10,13H,2-8H2,1H3,(H,14,15)(H,16,17)/t9?,10-/m1/s1. The molecule has 0 aromatic carbocycles. The number of piperidine rings is 1. The summed E-state index contributed by atoms with van der Waals surface area (Å²) in [5.74, 6) is -1.36. The molecule has 0 aromatic heterocycles. The zero-order chi connectivity index (χ0) is 12.7. The Labute approximate surface area is 102 Å². The summed E-state index contributed by atoms with van der Waals surface area (Å²) in [6.45, 7) is 3.05. The first-order chi connectivity index (χ1) is 8.15. The van der Waals surface area contributed by atoms with E-state index in [2.05, 4.69) is 10.6 Å². The highest BCUT2D eigenvalue weighted by atomic mass is 16.4. The molecule has 0 spiro atoms. The molecule has 1 fully saturated rings. The van der Waals surface area contributed by atoms with Gasteiger partial charge in [-0.2, -0.15) is 0 Å². The highest BCUT2D eigenvalue weighted by Crippen LogP contribution is 2.08. The Morgan fingerprint density at radius 3 is 2.76 bits per heavy atom. The van der Waals surface area contributed by atoms with E-state index in [1.165, 1.54) is 0 Å². The van der Waals surface area contributed by atoms with Gasteiger partial charge < -0.3 is 15.7 Å². The van der Waals surface area contributed by atoms with E-state index in [1.807, 2.05) is 6.92 Å². The molecule has 1 saturated heterocycles. The molecule has 0 aliphatic carbocycles. The summed E-state index contributed by atoms with van der Waals surface area (Å²) in [5, 5.41) is 14.8. The van der Waals surface area contributed by atoms with Crippen LogP contribution in [-0.4, -0.2) is 36.1 Å². The van der Waals surface area contributed by atoms with E-state index in [4.69, 9.17) is 5.11 Å². The van der Waals surface area contributed by atoms with Gasteiger partial charge in [0.2, 0.25) is 5.91 Å². The second-order valence-electron chi connectivity index (χ2n) is 4.57. The lowest BCUT2D eigenvalue weighted by atomic mass is 10.0. The van der Waals surface area contributed by atoms with Crippen LogP contribution in [0.25, 0.3) is 0 Å². The fourth-order valence-electron chi connectivity index (χ4n) is 2.08. The van der Waals surface area contributed by atoms with E-state index in [-0.39, 0.29) is 18.5 Å². The van der Waals surface area contributed by atoms with Crippen molar-refractivity contribution in [3.8, 4) is 0 Å². The fourth-order valence-corrected chi connectivity index (χ4v) is 2.08. The highest BCUT2D eigenvalue weighted by Gasteiger charge is 2.22. The summed E-state index contributed by atoms with van der Waals surface area (Å²) >= 11 is 0. The monoisotopic (exact) mass is 242 g/mol. The Morgan fingerprint density at radius 2 is 2.24 bits per heavy atom. The van der Waals surface area contributed by atoms with Crippen molar-refractivity contribution in [2.24, 2.45) is 5.92 Å². The van der Waals surface area contributed by atoms with Crippen molar-refractivity contribution in [3.63, 3.8) is 0 Å². The molecular formula is C12H22N2O3. The van der Waals surface area contributed by atoms with Gasteiger partial charge >= 0.3 is 5.97 Å². The van der Waals surface area contributed by atoms with Crippen LogP contribution < -0.4 is 10.6 Å². The average Bonchev–Trinajstić information content (AvgIpc) is 2.34. The number of nitrogens with one attached hydrogen (secondary N) is 2. The molecule has 1 aliphatic rings. The molecule has 1 unspecified atom stereocenters. The van der Waals surface area contributed by atoms with Crippen LogP contribution in [0.3, 0.4) is 0 Å². The summed E-state index contributed by atoms with van der Waals surface area (Å²) in [5.41, 5.74) is 0. The Morgan fingerprint density at radius 1 is 1.47 bits per heavy atom.